The lowest BCUT2D eigenvalue weighted by Crippen LogP contribution is -2.45. The summed E-state index contributed by atoms with van der Waals surface area (Å²) >= 11 is 0. The first-order valence-corrected chi connectivity index (χ1v) is 20.5. The summed E-state index contributed by atoms with van der Waals surface area (Å²) < 4.78 is 91.9. The summed E-state index contributed by atoms with van der Waals surface area (Å²) in [5.74, 6) is -0.584. The smallest absolute Gasteiger partial charge is 0.261 e. The molecule has 52 heavy (non-hydrogen) atoms. The normalized spacial score (nSPS) is 16.8. The van der Waals surface area contributed by atoms with Gasteiger partial charge in [-0.25, -0.2) is 22.3 Å². The van der Waals surface area contributed by atoms with Gasteiger partial charge in [-0.1, -0.05) is 0 Å². The van der Waals surface area contributed by atoms with E-state index in [0.717, 1.165) is 14.9 Å². The molecule has 0 aliphatic carbocycles. The SMILES string of the molecule is COc1ccc(S(=O)(=O)N2C[C@@H](N(CCCCC(=O)CCOCCOCCOCCOCCOCCOCCN)S(C)(=O)=O)C[C@@H]2C(=O)NO)cc1. The second-order valence-electron chi connectivity index (χ2n) is 11.7. The van der Waals surface area contributed by atoms with E-state index in [4.69, 9.17) is 38.9 Å². The van der Waals surface area contributed by atoms with Gasteiger partial charge in [0.25, 0.3) is 5.91 Å². The van der Waals surface area contributed by atoms with E-state index < -0.39 is 38.0 Å². The number of hydroxylamine groups is 1. The standard InChI is InChI=1S/C32H56N4O14S2/c1-44-29-6-8-30(9-7-29)52(42,43)36-26-27(25-31(36)32(38)34-39)35(51(2,40)41)12-4-3-5-28(37)10-13-45-15-17-47-19-21-49-23-24-50-22-20-48-18-16-46-14-11-33/h6-9,27,31,39H,3-5,10-26,33H2,1-2H3,(H,34,38)/t27-,31+/m0/s1. The minimum atomic E-state index is -4.24. The average molecular weight is 785 g/mol. The Labute approximate surface area is 307 Å². The lowest BCUT2D eigenvalue weighted by molar-refractivity contribution is -0.132. The van der Waals surface area contributed by atoms with Crippen molar-refractivity contribution in [2.75, 3.05) is 112 Å². The molecule has 18 nitrogen and oxygen atoms in total. The Hall–Kier alpha value is -2.34. The fourth-order valence-corrected chi connectivity index (χ4v) is 8.05. The molecule has 0 aromatic heterocycles. The van der Waals surface area contributed by atoms with Crippen LogP contribution in [0.25, 0.3) is 0 Å². The van der Waals surface area contributed by atoms with Gasteiger partial charge in [0.15, 0.2) is 0 Å². The Morgan fingerprint density at radius 3 is 1.77 bits per heavy atom. The van der Waals surface area contributed by atoms with Crippen molar-refractivity contribution in [2.24, 2.45) is 5.73 Å². The molecule has 20 heteroatoms. The van der Waals surface area contributed by atoms with Crippen molar-refractivity contribution < 1.29 is 64.8 Å². The number of ketones is 1. The van der Waals surface area contributed by atoms with Crippen molar-refractivity contribution >= 4 is 31.7 Å². The maximum absolute atomic E-state index is 13.5. The van der Waals surface area contributed by atoms with Crippen LogP contribution >= 0.6 is 0 Å². The van der Waals surface area contributed by atoms with Gasteiger partial charge in [0.05, 0.1) is 97.5 Å². The van der Waals surface area contributed by atoms with Gasteiger partial charge in [0.2, 0.25) is 20.0 Å². The summed E-state index contributed by atoms with van der Waals surface area (Å²) in [7, 11) is -6.64. The summed E-state index contributed by atoms with van der Waals surface area (Å²) in [4.78, 5) is 24.8. The van der Waals surface area contributed by atoms with Crippen LogP contribution in [0.1, 0.15) is 32.1 Å². The number of hydrogen-bond acceptors (Lipinski definition) is 15. The quantitative estimate of drug-likeness (QED) is 0.0502. The van der Waals surface area contributed by atoms with Crippen LogP contribution in [0.5, 0.6) is 5.75 Å². The number of sulfonamides is 2. The highest BCUT2D eigenvalue weighted by Crippen LogP contribution is 2.31. The lowest BCUT2D eigenvalue weighted by atomic mass is 10.1. The van der Waals surface area contributed by atoms with Crippen LogP contribution in [0.15, 0.2) is 29.2 Å². The van der Waals surface area contributed by atoms with Gasteiger partial charge in [0, 0.05) is 38.5 Å². The Balaban J connectivity index is 1.61. The van der Waals surface area contributed by atoms with Gasteiger partial charge in [-0.3, -0.25) is 14.8 Å². The predicted octanol–water partition coefficient (Wildman–Crippen LogP) is -0.218. The van der Waals surface area contributed by atoms with Gasteiger partial charge in [-0.2, -0.15) is 8.61 Å². The Bertz CT molecular complexity index is 1370. The second-order valence-corrected chi connectivity index (χ2v) is 15.5. The molecule has 1 aliphatic rings. The van der Waals surface area contributed by atoms with Crippen molar-refractivity contribution in [1.29, 1.82) is 0 Å². The van der Waals surface area contributed by atoms with Crippen molar-refractivity contribution in [1.82, 2.24) is 14.1 Å². The van der Waals surface area contributed by atoms with E-state index in [-0.39, 0.29) is 49.6 Å². The van der Waals surface area contributed by atoms with Crippen LogP contribution in [-0.2, 0) is 58.1 Å². The largest absolute Gasteiger partial charge is 0.497 e. The third-order valence-electron chi connectivity index (χ3n) is 7.88. The molecule has 300 valence electrons. The topological polar surface area (TPSA) is 232 Å². The molecule has 4 N–H and O–H groups in total. The molecule has 1 amide bonds. The molecule has 1 saturated heterocycles. The van der Waals surface area contributed by atoms with Crippen molar-refractivity contribution in [3.05, 3.63) is 24.3 Å². The lowest BCUT2D eigenvalue weighted by Gasteiger charge is -2.26. The molecule has 1 fully saturated rings. The van der Waals surface area contributed by atoms with Crippen molar-refractivity contribution in [2.45, 2.75) is 49.1 Å². The first-order valence-electron chi connectivity index (χ1n) is 17.2. The Kier molecular flexibility index (Phi) is 22.6. The number of rotatable bonds is 31. The maximum atomic E-state index is 13.5. The fraction of sp³-hybridized carbons (Fsp3) is 0.750. The molecule has 0 saturated carbocycles. The number of carbonyl (C=O) groups is 2. The molecular weight excluding hydrogens is 729 g/mol. The molecule has 0 spiro atoms. The van der Waals surface area contributed by atoms with E-state index in [1.165, 1.54) is 36.9 Å². The van der Waals surface area contributed by atoms with E-state index in [9.17, 15) is 31.6 Å². The predicted molar refractivity (Wildman–Crippen MR) is 188 cm³/mol. The van der Waals surface area contributed by atoms with E-state index in [1.807, 2.05) is 0 Å². The minimum Gasteiger partial charge on any atom is -0.497 e. The number of ether oxygens (including phenoxy) is 7. The number of carbonyl (C=O) groups excluding carboxylic acids is 2. The number of nitrogens with one attached hydrogen (secondary N) is 1. The molecule has 1 heterocycles. The zero-order valence-electron chi connectivity index (χ0n) is 30.1. The summed E-state index contributed by atoms with van der Waals surface area (Å²) in [6.07, 6.45) is 1.99. The number of hydrogen-bond donors (Lipinski definition) is 3. The van der Waals surface area contributed by atoms with Crippen LogP contribution in [-0.4, -0.2) is 167 Å². The van der Waals surface area contributed by atoms with Gasteiger partial charge >= 0.3 is 0 Å². The van der Waals surface area contributed by atoms with Gasteiger partial charge in [-0.15, -0.1) is 0 Å². The monoisotopic (exact) mass is 784 g/mol. The number of nitrogens with zero attached hydrogens (tertiary/aromatic N) is 2. The third-order valence-corrected chi connectivity index (χ3v) is 11.1. The molecule has 0 unspecified atom stereocenters. The second kappa shape index (κ2) is 25.6. The summed E-state index contributed by atoms with van der Waals surface area (Å²) in [6, 6.07) is 3.33. The Morgan fingerprint density at radius 1 is 0.808 bits per heavy atom. The minimum absolute atomic E-state index is 0.0205. The zero-order chi connectivity index (χ0) is 38.2. The number of benzene rings is 1. The van der Waals surface area contributed by atoms with Crippen molar-refractivity contribution in [3.8, 4) is 5.75 Å². The summed E-state index contributed by atoms with van der Waals surface area (Å²) in [6.45, 7) is 5.27. The van der Waals surface area contributed by atoms with Crippen LogP contribution in [0, 0.1) is 0 Å². The highest BCUT2D eigenvalue weighted by atomic mass is 32.2. The maximum Gasteiger partial charge on any atom is 0.261 e. The number of methoxy groups -OCH3 is 1. The average Bonchev–Trinajstić information content (AvgIpc) is 3.57. The van der Waals surface area contributed by atoms with Crippen LogP contribution in [0.4, 0.5) is 0 Å². The number of nitrogens with two attached hydrogens (primary N) is 1. The first kappa shape index (κ1) is 45.8. The van der Waals surface area contributed by atoms with Crippen LogP contribution in [0.3, 0.4) is 0 Å². The molecular formula is C32H56N4O14S2. The molecule has 1 aliphatic heterocycles. The summed E-state index contributed by atoms with van der Waals surface area (Å²) in [5.41, 5.74) is 6.82. The van der Waals surface area contributed by atoms with E-state index in [0.29, 0.717) is 97.8 Å². The highest BCUT2D eigenvalue weighted by molar-refractivity contribution is 7.89. The molecule has 2 rings (SSSR count). The third kappa shape index (κ3) is 17.2. The summed E-state index contributed by atoms with van der Waals surface area (Å²) in [5, 5.41) is 9.30. The molecule has 0 bridgehead atoms. The molecule has 0 radical (unpaired) electrons. The van der Waals surface area contributed by atoms with E-state index >= 15 is 0 Å². The van der Waals surface area contributed by atoms with Gasteiger partial charge in [0.1, 0.15) is 17.6 Å². The number of unbranched alkanes of at least 4 members (excludes halogenated alkanes) is 1. The van der Waals surface area contributed by atoms with Gasteiger partial charge in [-0.05, 0) is 43.5 Å². The van der Waals surface area contributed by atoms with Gasteiger partial charge < -0.3 is 38.9 Å². The van der Waals surface area contributed by atoms with E-state index in [1.54, 1.807) is 0 Å². The van der Waals surface area contributed by atoms with Crippen LogP contribution < -0.4 is 16.0 Å². The van der Waals surface area contributed by atoms with E-state index in [2.05, 4.69) is 0 Å². The molecule has 1 aromatic carbocycles. The highest BCUT2D eigenvalue weighted by Gasteiger charge is 2.47. The Morgan fingerprint density at radius 2 is 1.31 bits per heavy atom. The van der Waals surface area contributed by atoms with Crippen LogP contribution in [0.2, 0.25) is 0 Å². The van der Waals surface area contributed by atoms with Crippen molar-refractivity contribution in [3.63, 3.8) is 0 Å². The molecule has 1 aromatic rings. The first-order chi connectivity index (χ1) is 24.9. The zero-order valence-corrected chi connectivity index (χ0v) is 31.8. The number of Topliss-reactive ketones (excluding diaryl/α,β-unsaturated/α-hetero) is 1. The fourth-order valence-electron chi connectivity index (χ4n) is 5.26. The number of amides is 1. The molecule has 2 atom stereocenters.